The maximum atomic E-state index is 12.4. The van der Waals surface area contributed by atoms with Gasteiger partial charge in [-0.3, -0.25) is 4.79 Å². The molecule has 0 spiro atoms. The lowest BCUT2D eigenvalue weighted by Crippen LogP contribution is -2.56. The van der Waals surface area contributed by atoms with Crippen molar-refractivity contribution in [2.24, 2.45) is 0 Å². The van der Waals surface area contributed by atoms with E-state index in [2.05, 4.69) is 0 Å². The minimum absolute atomic E-state index is 0.0110. The summed E-state index contributed by atoms with van der Waals surface area (Å²) in [7, 11) is 3.06. The van der Waals surface area contributed by atoms with Gasteiger partial charge in [-0.05, 0) is 30.3 Å². The summed E-state index contributed by atoms with van der Waals surface area (Å²) >= 11 is 0. The molecule has 1 amide bonds. The molecule has 3 rings (SSSR count). The average molecular weight is 329 g/mol. The lowest BCUT2D eigenvalue weighted by atomic mass is 10.1. The van der Waals surface area contributed by atoms with E-state index in [4.69, 9.17) is 14.2 Å². The monoisotopic (exact) mass is 329 g/mol. The second-order valence-electron chi connectivity index (χ2n) is 5.52. The number of rotatable bonds is 5. The van der Waals surface area contributed by atoms with E-state index in [1.165, 1.54) is 19.2 Å². The second-order valence-corrected chi connectivity index (χ2v) is 5.52. The zero-order valence-electron chi connectivity index (χ0n) is 13.6. The van der Waals surface area contributed by atoms with Gasteiger partial charge in [0.2, 0.25) is 0 Å². The van der Waals surface area contributed by atoms with Crippen LogP contribution in [0.3, 0.4) is 0 Å². The van der Waals surface area contributed by atoms with Gasteiger partial charge in [0.1, 0.15) is 17.6 Å². The summed E-state index contributed by atoms with van der Waals surface area (Å²) in [6.45, 7) is 1.03. The predicted molar refractivity (Wildman–Crippen MR) is 88.0 cm³/mol. The molecule has 0 radical (unpaired) electrons. The predicted octanol–water partition coefficient (Wildman–Crippen LogP) is 2.31. The molecule has 0 bridgehead atoms. The molecule has 0 aromatic heterocycles. The first-order valence-electron chi connectivity index (χ1n) is 7.57. The molecule has 6 heteroatoms. The lowest BCUT2D eigenvalue weighted by molar-refractivity contribution is 0.0177. The van der Waals surface area contributed by atoms with Gasteiger partial charge in [0, 0.05) is 11.6 Å². The zero-order chi connectivity index (χ0) is 17.1. The summed E-state index contributed by atoms with van der Waals surface area (Å²) in [4.78, 5) is 14.1. The van der Waals surface area contributed by atoms with E-state index in [-0.39, 0.29) is 23.5 Å². The number of phenolic OH excluding ortho intramolecular Hbond substituents is 1. The Bertz CT molecular complexity index is 740. The highest BCUT2D eigenvalue weighted by molar-refractivity contribution is 5.95. The van der Waals surface area contributed by atoms with Gasteiger partial charge >= 0.3 is 0 Å². The highest BCUT2D eigenvalue weighted by Gasteiger charge is 2.33. The maximum absolute atomic E-state index is 12.4. The quantitative estimate of drug-likeness (QED) is 0.912. The van der Waals surface area contributed by atoms with Crippen molar-refractivity contribution in [1.29, 1.82) is 0 Å². The number of carbonyl (C=O) groups excluding carboxylic acids is 1. The average Bonchev–Trinajstić information content (AvgIpc) is 2.57. The number of likely N-dealkylation sites (tertiary alicyclic amines) is 1. The first-order valence-corrected chi connectivity index (χ1v) is 7.57. The minimum Gasteiger partial charge on any atom is -0.504 e. The summed E-state index contributed by atoms with van der Waals surface area (Å²) in [5.41, 5.74) is 0.476. The molecule has 0 atom stereocenters. The first kappa shape index (κ1) is 16.0. The topological polar surface area (TPSA) is 68.2 Å². The van der Waals surface area contributed by atoms with Gasteiger partial charge in [-0.1, -0.05) is 6.07 Å². The number of hydrogen-bond acceptors (Lipinski definition) is 5. The van der Waals surface area contributed by atoms with Crippen molar-refractivity contribution in [3.63, 3.8) is 0 Å². The maximum Gasteiger partial charge on any atom is 0.254 e. The largest absolute Gasteiger partial charge is 0.504 e. The Kier molecular flexibility index (Phi) is 4.46. The van der Waals surface area contributed by atoms with Gasteiger partial charge in [-0.15, -0.1) is 0 Å². The molecule has 0 aliphatic carbocycles. The van der Waals surface area contributed by atoms with Crippen molar-refractivity contribution < 1.29 is 24.1 Å². The third-order valence-corrected chi connectivity index (χ3v) is 3.91. The fourth-order valence-electron chi connectivity index (χ4n) is 2.54. The molecule has 1 saturated heterocycles. The summed E-state index contributed by atoms with van der Waals surface area (Å²) in [5, 5.41) is 9.60. The SMILES string of the molecule is COc1cccc(OC2CN(C(=O)c3ccc(O)c(OC)c3)C2)c1. The van der Waals surface area contributed by atoms with E-state index in [0.717, 1.165) is 11.5 Å². The number of phenols is 1. The molecular weight excluding hydrogens is 310 g/mol. The lowest BCUT2D eigenvalue weighted by Gasteiger charge is -2.39. The van der Waals surface area contributed by atoms with Gasteiger partial charge in [-0.25, -0.2) is 0 Å². The number of methoxy groups -OCH3 is 2. The summed E-state index contributed by atoms with van der Waals surface area (Å²) in [6, 6.07) is 12.0. The number of hydrogen-bond donors (Lipinski definition) is 1. The van der Waals surface area contributed by atoms with Crippen LogP contribution in [0.15, 0.2) is 42.5 Å². The van der Waals surface area contributed by atoms with Crippen LogP contribution in [0.1, 0.15) is 10.4 Å². The molecule has 24 heavy (non-hydrogen) atoms. The third-order valence-electron chi connectivity index (χ3n) is 3.91. The van der Waals surface area contributed by atoms with Gasteiger partial charge in [-0.2, -0.15) is 0 Å². The fourth-order valence-corrected chi connectivity index (χ4v) is 2.54. The van der Waals surface area contributed by atoms with Crippen molar-refractivity contribution in [2.45, 2.75) is 6.10 Å². The molecule has 2 aromatic carbocycles. The Labute approximate surface area is 140 Å². The summed E-state index contributed by atoms with van der Waals surface area (Å²) in [5.74, 6) is 1.63. The van der Waals surface area contributed by atoms with Gasteiger partial charge in [0.15, 0.2) is 11.5 Å². The smallest absolute Gasteiger partial charge is 0.254 e. The molecule has 126 valence electrons. The van der Waals surface area contributed by atoms with Crippen LogP contribution in [0, 0.1) is 0 Å². The van der Waals surface area contributed by atoms with Crippen molar-refractivity contribution in [3.05, 3.63) is 48.0 Å². The van der Waals surface area contributed by atoms with E-state index in [1.807, 2.05) is 24.3 Å². The van der Waals surface area contributed by atoms with Crippen molar-refractivity contribution >= 4 is 5.91 Å². The number of amides is 1. The van der Waals surface area contributed by atoms with Crippen LogP contribution in [0.5, 0.6) is 23.0 Å². The summed E-state index contributed by atoms with van der Waals surface area (Å²) < 4.78 is 16.0. The Morgan fingerprint density at radius 3 is 2.54 bits per heavy atom. The van der Waals surface area contributed by atoms with Crippen molar-refractivity contribution in [1.82, 2.24) is 4.90 Å². The molecule has 1 aliphatic rings. The standard InChI is InChI=1S/C18H19NO5/c1-22-13-4-3-5-14(9-13)24-15-10-19(11-15)18(21)12-6-7-16(20)17(8-12)23-2/h3-9,15,20H,10-11H2,1-2H3. The molecule has 6 nitrogen and oxygen atoms in total. The molecule has 0 saturated carbocycles. The van der Waals surface area contributed by atoms with Crippen molar-refractivity contribution in [3.8, 4) is 23.0 Å². The minimum atomic E-state index is -0.112. The molecular formula is C18H19NO5. The van der Waals surface area contributed by atoms with E-state index in [9.17, 15) is 9.90 Å². The number of carbonyl (C=O) groups is 1. The Hall–Kier alpha value is -2.89. The van der Waals surface area contributed by atoms with Gasteiger partial charge in [0.05, 0.1) is 27.3 Å². The normalized spacial score (nSPS) is 14.0. The number of benzene rings is 2. The highest BCUT2D eigenvalue weighted by atomic mass is 16.5. The van der Waals surface area contributed by atoms with Gasteiger partial charge < -0.3 is 24.2 Å². The van der Waals surface area contributed by atoms with E-state index in [0.29, 0.717) is 18.7 Å². The van der Waals surface area contributed by atoms with E-state index >= 15 is 0 Å². The summed E-state index contributed by atoms with van der Waals surface area (Å²) in [6.07, 6.45) is -0.0416. The van der Waals surface area contributed by atoms with Crippen LogP contribution >= 0.6 is 0 Å². The van der Waals surface area contributed by atoms with Crippen LogP contribution in [-0.2, 0) is 0 Å². The van der Waals surface area contributed by atoms with Crippen LogP contribution in [0.4, 0.5) is 0 Å². The van der Waals surface area contributed by atoms with E-state index < -0.39 is 0 Å². The van der Waals surface area contributed by atoms with Crippen LogP contribution in [0.25, 0.3) is 0 Å². The van der Waals surface area contributed by atoms with Crippen LogP contribution in [-0.4, -0.2) is 49.3 Å². The van der Waals surface area contributed by atoms with Gasteiger partial charge in [0.25, 0.3) is 5.91 Å². The first-order chi connectivity index (χ1) is 11.6. The van der Waals surface area contributed by atoms with Crippen molar-refractivity contribution in [2.75, 3.05) is 27.3 Å². The fraction of sp³-hybridized carbons (Fsp3) is 0.278. The number of ether oxygens (including phenoxy) is 3. The van der Waals surface area contributed by atoms with Crippen LogP contribution < -0.4 is 14.2 Å². The Morgan fingerprint density at radius 2 is 1.83 bits per heavy atom. The second kappa shape index (κ2) is 6.70. The molecule has 2 aromatic rings. The van der Waals surface area contributed by atoms with E-state index in [1.54, 1.807) is 18.1 Å². The Balaban J connectivity index is 1.58. The molecule has 0 unspecified atom stereocenters. The van der Waals surface area contributed by atoms with Crippen LogP contribution in [0.2, 0.25) is 0 Å². The Morgan fingerprint density at radius 1 is 1.08 bits per heavy atom. The molecule has 1 N–H and O–H groups in total. The third kappa shape index (κ3) is 3.22. The molecule has 1 heterocycles. The molecule has 1 fully saturated rings. The number of aromatic hydroxyl groups is 1. The molecule has 1 aliphatic heterocycles. The zero-order valence-corrected chi connectivity index (χ0v) is 13.6. The highest BCUT2D eigenvalue weighted by Crippen LogP contribution is 2.28. The number of nitrogens with zero attached hydrogens (tertiary/aromatic N) is 1.